The molecular formula is C31H32ClN3O3. The molecule has 0 radical (unpaired) electrons. The van der Waals surface area contributed by atoms with Gasteiger partial charge in [-0.15, -0.1) is 0 Å². The van der Waals surface area contributed by atoms with E-state index in [9.17, 15) is 14.7 Å². The molecule has 2 heterocycles. The molecule has 6 rings (SSSR count). The van der Waals surface area contributed by atoms with Crippen LogP contribution in [0.4, 0.5) is 5.69 Å². The molecule has 0 bridgehead atoms. The van der Waals surface area contributed by atoms with Gasteiger partial charge in [0.1, 0.15) is 5.41 Å². The summed E-state index contributed by atoms with van der Waals surface area (Å²) < 4.78 is 0. The Bertz CT molecular complexity index is 1330. The average Bonchev–Trinajstić information content (AvgIpc) is 3.41. The van der Waals surface area contributed by atoms with Crippen molar-refractivity contribution in [2.75, 3.05) is 5.32 Å². The van der Waals surface area contributed by atoms with Crippen LogP contribution in [-0.2, 0) is 21.4 Å². The third-order valence-corrected chi connectivity index (χ3v) is 8.83. The summed E-state index contributed by atoms with van der Waals surface area (Å²) >= 11 is 6.33. The second-order valence-electron chi connectivity index (χ2n) is 10.8. The highest BCUT2D eigenvalue weighted by atomic mass is 35.5. The van der Waals surface area contributed by atoms with E-state index in [1.807, 2.05) is 60.7 Å². The zero-order valence-electron chi connectivity index (χ0n) is 21.1. The Morgan fingerprint density at radius 2 is 1.66 bits per heavy atom. The van der Waals surface area contributed by atoms with Crippen molar-refractivity contribution in [2.24, 2.45) is 5.92 Å². The van der Waals surface area contributed by atoms with E-state index in [4.69, 9.17) is 11.6 Å². The van der Waals surface area contributed by atoms with E-state index in [1.54, 1.807) is 6.07 Å². The number of anilines is 1. The number of fused-ring (bicyclic) bond motifs is 2. The molecule has 1 aliphatic carbocycles. The Morgan fingerprint density at radius 1 is 0.974 bits per heavy atom. The molecule has 38 heavy (non-hydrogen) atoms. The van der Waals surface area contributed by atoms with Gasteiger partial charge >= 0.3 is 0 Å². The van der Waals surface area contributed by atoms with Crippen LogP contribution in [0.1, 0.15) is 48.4 Å². The summed E-state index contributed by atoms with van der Waals surface area (Å²) in [6.07, 6.45) is 3.12. The van der Waals surface area contributed by atoms with E-state index in [1.165, 1.54) is 0 Å². The van der Waals surface area contributed by atoms with Gasteiger partial charge in [0.05, 0.1) is 18.2 Å². The summed E-state index contributed by atoms with van der Waals surface area (Å²) in [5.41, 5.74) is 2.58. The summed E-state index contributed by atoms with van der Waals surface area (Å²) in [6, 6.07) is 24.5. The summed E-state index contributed by atoms with van der Waals surface area (Å²) in [7, 11) is 0. The number of aliphatic hydroxyl groups is 1. The van der Waals surface area contributed by atoms with E-state index in [0.29, 0.717) is 30.0 Å². The molecule has 2 aliphatic heterocycles. The highest BCUT2D eigenvalue weighted by molar-refractivity contribution is 6.31. The number of hydrogen-bond acceptors (Lipinski definition) is 4. The second-order valence-corrected chi connectivity index (χ2v) is 11.2. The van der Waals surface area contributed by atoms with Crippen LogP contribution in [0.2, 0.25) is 5.02 Å². The molecule has 196 valence electrons. The van der Waals surface area contributed by atoms with Gasteiger partial charge in [0.25, 0.3) is 0 Å². The topological polar surface area (TPSA) is 90.5 Å². The zero-order valence-corrected chi connectivity index (χ0v) is 21.8. The van der Waals surface area contributed by atoms with Crippen LogP contribution in [0.25, 0.3) is 0 Å². The van der Waals surface area contributed by atoms with E-state index < -0.39 is 17.5 Å². The van der Waals surface area contributed by atoms with Gasteiger partial charge in [-0.2, -0.15) is 0 Å². The first kappa shape index (κ1) is 25.1. The van der Waals surface area contributed by atoms with E-state index in [2.05, 4.69) is 28.1 Å². The first-order valence-corrected chi connectivity index (χ1v) is 13.8. The van der Waals surface area contributed by atoms with Crippen LogP contribution in [-0.4, -0.2) is 35.1 Å². The van der Waals surface area contributed by atoms with Gasteiger partial charge in [-0.3, -0.25) is 14.9 Å². The molecule has 3 aromatic rings. The van der Waals surface area contributed by atoms with Gasteiger partial charge < -0.3 is 15.7 Å². The minimum Gasteiger partial charge on any atom is -0.393 e. The van der Waals surface area contributed by atoms with Crippen molar-refractivity contribution in [2.45, 2.75) is 61.7 Å². The Hall–Kier alpha value is -3.19. The summed E-state index contributed by atoms with van der Waals surface area (Å²) in [5.74, 6) is -0.569. The number of nitrogens with one attached hydrogen (secondary N) is 3. The molecule has 6 nitrogen and oxygen atoms in total. The highest BCUT2D eigenvalue weighted by Crippen LogP contribution is 2.56. The predicted octanol–water partition coefficient (Wildman–Crippen LogP) is 4.52. The van der Waals surface area contributed by atoms with E-state index >= 15 is 0 Å². The molecule has 4 N–H and O–H groups in total. The van der Waals surface area contributed by atoms with Crippen molar-refractivity contribution >= 4 is 29.1 Å². The van der Waals surface area contributed by atoms with Crippen molar-refractivity contribution in [1.29, 1.82) is 0 Å². The highest BCUT2D eigenvalue weighted by Gasteiger charge is 2.65. The number of benzene rings is 3. The molecule has 4 atom stereocenters. The van der Waals surface area contributed by atoms with Crippen LogP contribution >= 0.6 is 11.6 Å². The van der Waals surface area contributed by atoms with Crippen molar-refractivity contribution in [3.05, 3.63) is 101 Å². The van der Waals surface area contributed by atoms with Gasteiger partial charge in [0.15, 0.2) is 0 Å². The van der Waals surface area contributed by atoms with Crippen LogP contribution in [0.15, 0.2) is 78.9 Å². The maximum Gasteiger partial charge on any atom is 0.237 e. The lowest BCUT2D eigenvalue weighted by Crippen LogP contribution is -2.51. The Balaban J connectivity index is 1.47. The molecule has 1 saturated carbocycles. The fourth-order valence-electron chi connectivity index (χ4n) is 6.81. The fraction of sp³-hybridized carbons (Fsp3) is 0.355. The molecule has 0 aromatic heterocycles. The number of hydrogen-bond donors (Lipinski definition) is 4. The summed E-state index contributed by atoms with van der Waals surface area (Å²) in [6.45, 7) is 0. The molecule has 3 aromatic carbocycles. The summed E-state index contributed by atoms with van der Waals surface area (Å²) in [4.78, 5) is 28.2. The maximum absolute atomic E-state index is 14.2. The zero-order chi connectivity index (χ0) is 26.3. The van der Waals surface area contributed by atoms with E-state index in [-0.39, 0.29) is 29.9 Å². The molecule has 2 fully saturated rings. The number of carbonyl (C=O) groups is 2. The second kappa shape index (κ2) is 10.2. The van der Waals surface area contributed by atoms with Crippen molar-refractivity contribution in [3.63, 3.8) is 0 Å². The van der Waals surface area contributed by atoms with Crippen molar-refractivity contribution in [3.8, 4) is 0 Å². The number of aliphatic hydroxyl groups excluding tert-OH is 1. The van der Waals surface area contributed by atoms with Crippen LogP contribution in [0.5, 0.6) is 0 Å². The lowest BCUT2D eigenvalue weighted by Gasteiger charge is -2.35. The fourth-order valence-corrected chi connectivity index (χ4v) is 6.98. The monoisotopic (exact) mass is 529 g/mol. The first-order chi connectivity index (χ1) is 18.5. The van der Waals surface area contributed by atoms with Gasteiger partial charge in [-0.05, 0) is 60.9 Å². The van der Waals surface area contributed by atoms with Gasteiger partial charge in [-0.25, -0.2) is 0 Å². The lowest BCUT2D eigenvalue weighted by atomic mass is 9.64. The number of rotatable bonds is 5. The Kier molecular flexibility index (Phi) is 6.72. The van der Waals surface area contributed by atoms with Crippen molar-refractivity contribution in [1.82, 2.24) is 10.6 Å². The molecular weight excluding hydrogens is 498 g/mol. The van der Waals surface area contributed by atoms with Crippen LogP contribution in [0, 0.1) is 5.92 Å². The summed E-state index contributed by atoms with van der Waals surface area (Å²) in [5, 5.41) is 20.5. The molecule has 7 heteroatoms. The normalized spacial score (nSPS) is 30.2. The molecule has 1 spiro atoms. The lowest BCUT2D eigenvalue weighted by molar-refractivity contribution is -0.126. The molecule has 1 saturated heterocycles. The van der Waals surface area contributed by atoms with Crippen LogP contribution < -0.4 is 16.0 Å². The smallest absolute Gasteiger partial charge is 0.237 e. The maximum atomic E-state index is 14.2. The number of halogens is 1. The Labute approximate surface area is 227 Å². The Morgan fingerprint density at radius 3 is 2.37 bits per heavy atom. The third kappa shape index (κ3) is 4.31. The van der Waals surface area contributed by atoms with Gasteiger partial charge in [0, 0.05) is 22.7 Å². The largest absolute Gasteiger partial charge is 0.393 e. The minimum absolute atomic E-state index is 0.0142. The first-order valence-electron chi connectivity index (χ1n) is 13.4. The minimum atomic E-state index is -1.01. The number of carbonyl (C=O) groups excluding carboxylic acids is 2. The standard InChI is InChI=1S/C31H32ClN3O3/c32-21-11-16-24-26(18-21)34-30(38)31(24)25(17-19-7-3-1-4-8-19)27(35-28(31)20-9-5-2-6-10-20)29(37)33-22-12-14-23(36)15-13-22/h1-11,16,18,22-23,25,27-28,35-36H,12-15,17H2,(H,33,37)(H,34,38). The van der Waals surface area contributed by atoms with Gasteiger partial charge in [-0.1, -0.05) is 78.3 Å². The third-order valence-electron chi connectivity index (χ3n) is 8.60. The quantitative estimate of drug-likeness (QED) is 0.391. The molecule has 3 aliphatic rings. The van der Waals surface area contributed by atoms with E-state index in [0.717, 1.165) is 29.5 Å². The molecule has 4 unspecified atom stereocenters. The predicted molar refractivity (Wildman–Crippen MR) is 148 cm³/mol. The van der Waals surface area contributed by atoms with Crippen molar-refractivity contribution < 1.29 is 14.7 Å². The van der Waals surface area contributed by atoms with Crippen LogP contribution in [0.3, 0.4) is 0 Å². The SMILES string of the molecule is O=C(NC1CCC(O)CC1)C1NC(c2ccccc2)C2(C(=O)Nc3cc(Cl)ccc32)C1Cc1ccccc1. The number of amides is 2. The molecule has 2 amide bonds. The van der Waals surface area contributed by atoms with Gasteiger partial charge in [0.2, 0.25) is 11.8 Å². The average molecular weight is 530 g/mol.